The third-order valence-corrected chi connectivity index (χ3v) is 3.95. The van der Waals surface area contributed by atoms with Gasteiger partial charge in [-0.2, -0.15) is 0 Å². The minimum atomic E-state index is -0.685. The summed E-state index contributed by atoms with van der Waals surface area (Å²) >= 11 is 0. The molecule has 6 heteroatoms. The lowest BCUT2D eigenvalue weighted by atomic mass is 10.1. The molecule has 0 unspecified atom stereocenters. The van der Waals surface area contributed by atoms with Crippen molar-refractivity contribution >= 4 is 22.8 Å². The average Bonchev–Trinajstić information content (AvgIpc) is 3.05. The molecule has 2 aromatic rings. The molecule has 106 valence electrons. The zero-order valence-electron chi connectivity index (χ0n) is 10.9. The van der Waals surface area contributed by atoms with Crippen molar-refractivity contribution in [3.63, 3.8) is 0 Å². The smallest absolute Gasteiger partial charge is 0.349 e. The number of ether oxygens (including phenoxy) is 1. The van der Waals surface area contributed by atoms with Crippen molar-refractivity contribution in [2.24, 2.45) is 0 Å². The van der Waals surface area contributed by atoms with Crippen molar-refractivity contribution in [1.82, 2.24) is 4.90 Å². The Kier molecular flexibility index (Phi) is 2.42. The van der Waals surface area contributed by atoms with Crippen molar-refractivity contribution in [3.05, 3.63) is 46.3 Å². The van der Waals surface area contributed by atoms with Crippen LogP contribution in [-0.2, 0) is 9.53 Å². The molecule has 4 rings (SSSR count). The fourth-order valence-electron chi connectivity index (χ4n) is 2.94. The standard InChI is InChI=1S/C15H11NO5/c17-13(16-7-9-6-11(16)15(19)20-9)10-5-8-3-1-2-4-12(8)21-14(10)18/h1-5,9,11H,6-7H2/t9-,11+/m1/s1. The first-order chi connectivity index (χ1) is 10.1. The first kappa shape index (κ1) is 12.1. The van der Waals surface area contributed by atoms with E-state index in [0.29, 0.717) is 23.9 Å². The van der Waals surface area contributed by atoms with E-state index >= 15 is 0 Å². The molecular formula is C15H11NO5. The average molecular weight is 285 g/mol. The molecular weight excluding hydrogens is 274 g/mol. The summed E-state index contributed by atoms with van der Waals surface area (Å²) in [5.74, 6) is -0.872. The topological polar surface area (TPSA) is 76.8 Å². The highest BCUT2D eigenvalue weighted by Crippen LogP contribution is 2.30. The van der Waals surface area contributed by atoms with Crippen molar-refractivity contribution in [3.8, 4) is 0 Å². The Balaban J connectivity index is 1.76. The zero-order chi connectivity index (χ0) is 14.6. The lowest BCUT2D eigenvalue weighted by Crippen LogP contribution is -2.45. The monoisotopic (exact) mass is 285 g/mol. The highest BCUT2D eigenvalue weighted by molar-refractivity contribution is 5.99. The summed E-state index contributed by atoms with van der Waals surface area (Å²) in [7, 11) is 0. The molecule has 2 bridgehead atoms. The van der Waals surface area contributed by atoms with Crippen LogP contribution in [0.5, 0.6) is 0 Å². The van der Waals surface area contributed by atoms with E-state index in [0.717, 1.165) is 0 Å². The molecule has 0 saturated carbocycles. The van der Waals surface area contributed by atoms with Crippen LogP contribution in [0.3, 0.4) is 0 Å². The number of nitrogens with zero attached hydrogens (tertiary/aromatic N) is 1. The molecule has 2 atom stereocenters. The Bertz CT molecular complexity index is 824. The van der Waals surface area contributed by atoms with E-state index in [4.69, 9.17) is 9.15 Å². The molecule has 3 heterocycles. The quantitative estimate of drug-likeness (QED) is 0.575. The van der Waals surface area contributed by atoms with Crippen LogP contribution in [0.1, 0.15) is 16.8 Å². The second kappa shape index (κ2) is 4.18. The van der Waals surface area contributed by atoms with E-state index in [1.807, 2.05) is 0 Å². The number of morpholine rings is 1. The Morgan fingerprint density at radius 3 is 2.81 bits per heavy atom. The summed E-state index contributed by atoms with van der Waals surface area (Å²) in [4.78, 5) is 37.5. The molecule has 0 spiro atoms. The van der Waals surface area contributed by atoms with Gasteiger partial charge in [0.1, 0.15) is 23.3 Å². The van der Waals surface area contributed by atoms with Crippen LogP contribution in [0.15, 0.2) is 39.5 Å². The molecule has 2 aliphatic heterocycles. The molecule has 0 aliphatic carbocycles. The van der Waals surface area contributed by atoms with Crippen LogP contribution in [0.4, 0.5) is 0 Å². The molecule has 1 amide bonds. The Morgan fingerprint density at radius 2 is 2.05 bits per heavy atom. The van der Waals surface area contributed by atoms with Crippen molar-refractivity contribution in [2.45, 2.75) is 18.6 Å². The van der Waals surface area contributed by atoms with Crippen molar-refractivity contribution in [1.29, 1.82) is 0 Å². The summed E-state index contributed by atoms with van der Waals surface area (Å²) in [5.41, 5.74) is -0.301. The summed E-state index contributed by atoms with van der Waals surface area (Å²) in [6.45, 7) is 0.335. The Morgan fingerprint density at radius 1 is 1.24 bits per heavy atom. The highest BCUT2D eigenvalue weighted by atomic mass is 16.6. The number of carbonyl (C=O) groups is 2. The normalized spacial score (nSPS) is 23.6. The van der Waals surface area contributed by atoms with E-state index in [-0.39, 0.29) is 11.7 Å². The maximum absolute atomic E-state index is 12.5. The number of fused-ring (bicyclic) bond motifs is 3. The molecule has 0 radical (unpaired) electrons. The molecule has 2 saturated heterocycles. The Labute approximate surface area is 118 Å². The highest BCUT2D eigenvalue weighted by Gasteiger charge is 2.49. The fourth-order valence-corrected chi connectivity index (χ4v) is 2.94. The number of carbonyl (C=O) groups excluding carboxylic acids is 2. The van der Waals surface area contributed by atoms with E-state index in [1.54, 1.807) is 24.3 Å². The van der Waals surface area contributed by atoms with Gasteiger partial charge in [-0.1, -0.05) is 18.2 Å². The maximum Gasteiger partial charge on any atom is 0.349 e. The third kappa shape index (κ3) is 1.75. The second-order valence-electron chi connectivity index (χ2n) is 5.25. The number of para-hydroxylation sites is 1. The van der Waals surface area contributed by atoms with Crippen molar-refractivity contribution < 1.29 is 18.7 Å². The summed E-state index contributed by atoms with van der Waals surface area (Å²) < 4.78 is 10.2. The van der Waals surface area contributed by atoms with E-state index in [2.05, 4.69) is 0 Å². The minimum Gasteiger partial charge on any atom is -0.459 e. The number of esters is 1. The van der Waals surface area contributed by atoms with Crippen LogP contribution in [0.25, 0.3) is 11.0 Å². The van der Waals surface area contributed by atoms with Gasteiger partial charge < -0.3 is 14.1 Å². The number of hydrogen-bond acceptors (Lipinski definition) is 5. The lowest BCUT2D eigenvalue weighted by Gasteiger charge is -2.25. The molecule has 6 nitrogen and oxygen atoms in total. The summed E-state index contributed by atoms with van der Waals surface area (Å²) in [6, 6.07) is 7.92. The number of likely N-dealkylation sites (tertiary alicyclic amines) is 1. The summed E-state index contributed by atoms with van der Waals surface area (Å²) in [5, 5.41) is 0.674. The van der Waals surface area contributed by atoms with Gasteiger partial charge in [-0.05, 0) is 12.1 Å². The van der Waals surface area contributed by atoms with E-state index < -0.39 is 23.5 Å². The number of hydrogen-bond donors (Lipinski definition) is 0. The molecule has 2 fully saturated rings. The van der Waals surface area contributed by atoms with Gasteiger partial charge in [0.2, 0.25) is 0 Å². The second-order valence-corrected chi connectivity index (χ2v) is 5.25. The summed E-state index contributed by atoms with van der Waals surface area (Å²) in [6.07, 6.45) is 0.252. The molecule has 1 aromatic carbocycles. The van der Waals surface area contributed by atoms with Crippen molar-refractivity contribution in [2.75, 3.05) is 6.54 Å². The van der Waals surface area contributed by atoms with Gasteiger partial charge in [-0.25, -0.2) is 9.59 Å². The van der Waals surface area contributed by atoms with E-state index in [9.17, 15) is 14.4 Å². The number of amides is 1. The zero-order valence-corrected chi connectivity index (χ0v) is 10.9. The largest absolute Gasteiger partial charge is 0.459 e. The lowest BCUT2D eigenvalue weighted by molar-refractivity contribution is -0.149. The van der Waals surface area contributed by atoms with Gasteiger partial charge >= 0.3 is 11.6 Å². The van der Waals surface area contributed by atoms with Crippen LogP contribution >= 0.6 is 0 Å². The molecule has 0 N–H and O–H groups in total. The third-order valence-electron chi connectivity index (χ3n) is 3.95. The molecule has 1 aromatic heterocycles. The van der Waals surface area contributed by atoms with Gasteiger partial charge in [-0.15, -0.1) is 0 Å². The van der Waals surface area contributed by atoms with Crippen LogP contribution in [-0.4, -0.2) is 35.5 Å². The molecule has 2 aliphatic rings. The van der Waals surface area contributed by atoms with Crippen LogP contribution < -0.4 is 5.63 Å². The molecule has 21 heavy (non-hydrogen) atoms. The number of benzene rings is 1. The predicted octanol–water partition coefficient (Wildman–Crippen LogP) is 0.933. The van der Waals surface area contributed by atoms with E-state index in [1.165, 1.54) is 11.0 Å². The minimum absolute atomic E-state index is 0.0472. The Hall–Kier alpha value is -2.63. The van der Waals surface area contributed by atoms with Crippen LogP contribution in [0.2, 0.25) is 0 Å². The van der Waals surface area contributed by atoms with Gasteiger partial charge in [0.05, 0.1) is 6.54 Å². The predicted molar refractivity (Wildman–Crippen MR) is 71.8 cm³/mol. The maximum atomic E-state index is 12.5. The first-order valence-electron chi connectivity index (χ1n) is 6.68. The van der Waals surface area contributed by atoms with Crippen LogP contribution in [0, 0.1) is 0 Å². The fraction of sp³-hybridized carbons (Fsp3) is 0.267. The van der Waals surface area contributed by atoms with Gasteiger partial charge in [0.15, 0.2) is 0 Å². The van der Waals surface area contributed by atoms with Gasteiger partial charge in [-0.3, -0.25) is 4.79 Å². The number of rotatable bonds is 1. The van der Waals surface area contributed by atoms with Gasteiger partial charge in [0, 0.05) is 11.8 Å². The van der Waals surface area contributed by atoms with Gasteiger partial charge in [0.25, 0.3) is 5.91 Å². The first-order valence-corrected chi connectivity index (χ1v) is 6.68. The SMILES string of the molecule is O=C1O[C@@H]2C[C@@H]1N(C(=O)c1cc3ccccc3oc1=O)C2.